The van der Waals surface area contributed by atoms with E-state index in [1.165, 1.54) is 24.3 Å². The van der Waals surface area contributed by atoms with E-state index < -0.39 is 5.97 Å². The Morgan fingerprint density at radius 2 is 1.56 bits per heavy atom. The van der Waals surface area contributed by atoms with Gasteiger partial charge in [-0.25, -0.2) is 18.6 Å². The zero-order chi connectivity index (χ0) is 28.8. The van der Waals surface area contributed by atoms with Crippen molar-refractivity contribution >= 4 is 23.4 Å². The molecule has 0 N–H and O–H groups in total. The highest BCUT2D eigenvalue weighted by atomic mass is 35.5. The first kappa shape index (κ1) is 28.7. The molecule has 0 spiro atoms. The monoisotopic (exact) mass is 575 g/mol. The van der Waals surface area contributed by atoms with Crippen molar-refractivity contribution in [2.75, 3.05) is 37.6 Å². The van der Waals surface area contributed by atoms with Gasteiger partial charge in [0.15, 0.2) is 0 Å². The Balaban J connectivity index is 1.18. The Morgan fingerprint density at radius 3 is 2.17 bits per heavy atom. The molecule has 1 aliphatic rings. The lowest BCUT2D eigenvalue weighted by Gasteiger charge is -2.36. The van der Waals surface area contributed by atoms with Crippen molar-refractivity contribution in [2.24, 2.45) is 0 Å². The van der Waals surface area contributed by atoms with E-state index in [0.717, 1.165) is 62.3 Å². The highest BCUT2D eigenvalue weighted by Gasteiger charge is 2.24. The molecular formula is C33H32ClF2N3O2. The maximum Gasteiger partial charge on any atom is 0.347 e. The van der Waals surface area contributed by atoms with Gasteiger partial charge in [0, 0.05) is 43.3 Å². The molecule has 0 saturated carbocycles. The molecule has 41 heavy (non-hydrogen) atoms. The van der Waals surface area contributed by atoms with Gasteiger partial charge in [0.05, 0.1) is 0 Å². The fourth-order valence-corrected chi connectivity index (χ4v) is 5.54. The van der Waals surface area contributed by atoms with E-state index in [-0.39, 0.29) is 17.6 Å². The van der Waals surface area contributed by atoms with Crippen LogP contribution in [0.15, 0.2) is 85.1 Å². The number of carbonyl (C=O) groups is 1. The van der Waals surface area contributed by atoms with Crippen LogP contribution in [0.2, 0.25) is 5.02 Å². The van der Waals surface area contributed by atoms with Crippen LogP contribution in [0, 0.1) is 18.6 Å². The number of ether oxygens (including phenoxy) is 1. The summed E-state index contributed by atoms with van der Waals surface area (Å²) in [5.74, 6) is 0.162. The van der Waals surface area contributed by atoms with Crippen LogP contribution in [0.4, 0.5) is 14.6 Å². The highest BCUT2D eigenvalue weighted by Crippen LogP contribution is 2.30. The van der Waals surface area contributed by atoms with Crippen molar-refractivity contribution in [1.29, 1.82) is 0 Å². The lowest BCUT2D eigenvalue weighted by Crippen LogP contribution is -2.47. The van der Waals surface area contributed by atoms with E-state index in [1.807, 2.05) is 31.2 Å². The van der Waals surface area contributed by atoms with Gasteiger partial charge in [0.2, 0.25) is 0 Å². The number of halogens is 3. The van der Waals surface area contributed by atoms with Gasteiger partial charge < -0.3 is 9.64 Å². The van der Waals surface area contributed by atoms with E-state index in [9.17, 15) is 13.6 Å². The summed E-state index contributed by atoms with van der Waals surface area (Å²) in [6.45, 7) is 5.88. The highest BCUT2D eigenvalue weighted by molar-refractivity contribution is 6.30. The number of aryl methyl sites for hydroxylation is 1. The van der Waals surface area contributed by atoms with Gasteiger partial charge in [-0.1, -0.05) is 35.9 Å². The maximum absolute atomic E-state index is 13.6. The zero-order valence-electron chi connectivity index (χ0n) is 22.9. The average molecular weight is 576 g/mol. The van der Waals surface area contributed by atoms with Crippen LogP contribution in [0.25, 0.3) is 0 Å². The summed E-state index contributed by atoms with van der Waals surface area (Å²) >= 11 is 6.04. The Labute approximate surface area is 244 Å². The van der Waals surface area contributed by atoms with Gasteiger partial charge in [-0.2, -0.15) is 0 Å². The Morgan fingerprint density at radius 1 is 0.927 bits per heavy atom. The Kier molecular flexibility index (Phi) is 9.27. The fraction of sp³-hybridized carbons (Fsp3) is 0.273. The van der Waals surface area contributed by atoms with Crippen molar-refractivity contribution in [3.63, 3.8) is 0 Å². The first-order valence-electron chi connectivity index (χ1n) is 13.8. The Bertz CT molecular complexity index is 1430. The largest absolute Gasteiger partial charge is 0.423 e. The summed E-state index contributed by atoms with van der Waals surface area (Å²) < 4.78 is 32.8. The fourth-order valence-electron chi connectivity index (χ4n) is 5.31. The summed E-state index contributed by atoms with van der Waals surface area (Å²) in [5, 5.41) is 0.587. The first-order valence-corrected chi connectivity index (χ1v) is 14.2. The van der Waals surface area contributed by atoms with Gasteiger partial charge >= 0.3 is 5.97 Å². The molecule has 3 aromatic carbocycles. The minimum atomic E-state index is -0.450. The topological polar surface area (TPSA) is 45.7 Å². The number of aromatic nitrogens is 1. The predicted octanol–water partition coefficient (Wildman–Crippen LogP) is 7.28. The standard InChI is InChI=1S/C33H32ClF2N3O2/c1-23-22-26(34)10-15-31(23)41-33(40)30-4-2-16-37-32(30)39-20-18-38(19-21-39)17-3-5-29(24-6-11-27(35)12-7-24)25-8-13-28(36)14-9-25/h2,4,6-16,22,29H,3,5,17-21H2,1H3. The summed E-state index contributed by atoms with van der Waals surface area (Å²) in [6.07, 6.45) is 3.48. The normalized spacial score (nSPS) is 13.9. The number of nitrogens with zero attached hydrogens (tertiary/aromatic N) is 3. The quantitative estimate of drug-likeness (QED) is 0.155. The number of piperazine rings is 1. The first-order chi connectivity index (χ1) is 19.9. The van der Waals surface area contributed by atoms with Crippen LogP contribution in [0.3, 0.4) is 0 Å². The minimum absolute atomic E-state index is 0.0591. The SMILES string of the molecule is Cc1cc(Cl)ccc1OC(=O)c1cccnc1N1CCN(CCCC(c2ccc(F)cc2)c2ccc(F)cc2)CC1. The zero-order valence-corrected chi connectivity index (χ0v) is 23.7. The van der Waals surface area contributed by atoms with Crippen molar-refractivity contribution < 1.29 is 18.3 Å². The van der Waals surface area contributed by atoms with E-state index in [4.69, 9.17) is 16.3 Å². The smallest absolute Gasteiger partial charge is 0.347 e. The second kappa shape index (κ2) is 13.2. The van der Waals surface area contributed by atoms with Crippen molar-refractivity contribution in [1.82, 2.24) is 9.88 Å². The molecule has 0 bridgehead atoms. The molecule has 0 atom stereocenters. The molecule has 1 aromatic heterocycles. The summed E-state index contributed by atoms with van der Waals surface area (Å²) in [4.78, 5) is 22.1. The molecule has 0 unspecified atom stereocenters. The molecule has 0 aliphatic carbocycles. The van der Waals surface area contributed by atoms with Crippen molar-refractivity contribution in [3.05, 3.63) is 124 Å². The molecular weight excluding hydrogens is 544 g/mol. The van der Waals surface area contributed by atoms with Crippen LogP contribution >= 0.6 is 11.6 Å². The van der Waals surface area contributed by atoms with Crippen LogP contribution in [0.5, 0.6) is 5.75 Å². The molecule has 8 heteroatoms. The number of benzene rings is 3. The molecule has 5 rings (SSSR count). The van der Waals surface area contributed by atoms with E-state index in [0.29, 0.717) is 22.2 Å². The lowest BCUT2D eigenvalue weighted by molar-refractivity contribution is 0.0733. The van der Waals surface area contributed by atoms with Crippen LogP contribution in [-0.2, 0) is 0 Å². The third-order valence-corrected chi connectivity index (χ3v) is 7.77. The number of hydrogen-bond acceptors (Lipinski definition) is 5. The third-order valence-electron chi connectivity index (χ3n) is 7.53. The third kappa shape index (κ3) is 7.29. The van der Waals surface area contributed by atoms with Gasteiger partial charge in [-0.3, -0.25) is 4.90 Å². The molecule has 212 valence electrons. The molecule has 1 fully saturated rings. The van der Waals surface area contributed by atoms with Crippen LogP contribution in [-0.4, -0.2) is 48.6 Å². The second-order valence-corrected chi connectivity index (χ2v) is 10.7. The van der Waals surface area contributed by atoms with Crippen LogP contribution < -0.4 is 9.64 Å². The van der Waals surface area contributed by atoms with Gasteiger partial charge in [0.25, 0.3) is 0 Å². The molecule has 0 amide bonds. The number of pyridine rings is 1. The van der Waals surface area contributed by atoms with Crippen molar-refractivity contribution in [3.8, 4) is 5.75 Å². The number of anilines is 1. The van der Waals surface area contributed by atoms with Gasteiger partial charge in [-0.05, 0) is 97.6 Å². The summed E-state index contributed by atoms with van der Waals surface area (Å²) in [5.41, 5.74) is 3.25. The molecule has 1 aliphatic heterocycles. The van der Waals surface area contributed by atoms with Crippen LogP contribution in [0.1, 0.15) is 45.8 Å². The van der Waals surface area contributed by atoms with E-state index in [2.05, 4.69) is 14.8 Å². The van der Waals surface area contributed by atoms with Gasteiger partial charge in [0.1, 0.15) is 28.8 Å². The summed E-state index contributed by atoms with van der Waals surface area (Å²) in [6, 6.07) is 21.8. The Hall–Kier alpha value is -3.81. The molecule has 2 heterocycles. The number of rotatable bonds is 9. The van der Waals surface area contributed by atoms with Crippen molar-refractivity contribution in [2.45, 2.75) is 25.7 Å². The minimum Gasteiger partial charge on any atom is -0.423 e. The van der Waals surface area contributed by atoms with E-state index in [1.54, 1.807) is 36.5 Å². The number of carbonyl (C=O) groups excluding carboxylic acids is 1. The lowest BCUT2D eigenvalue weighted by atomic mass is 9.87. The van der Waals surface area contributed by atoms with E-state index >= 15 is 0 Å². The van der Waals surface area contributed by atoms with Gasteiger partial charge in [-0.15, -0.1) is 0 Å². The molecule has 5 nitrogen and oxygen atoms in total. The maximum atomic E-state index is 13.6. The second-order valence-electron chi connectivity index (χ2n) is 10.3. The summed E-state index contributed by atoms with van der Waals surface area (Å²) in [7, 11) is 0. The number of esters is 1. The molecule has 4 aromatic rings. The predicted molar refractivity (Wildman–Crippen MR) is 158 cm³/mol. The molecule has 1 saturated heterocycles. The average Bonchev–Trinajstić information content (AvgIpc) is 2.98. The molecule has 0 radical (unpaired) electrons. The number of hydrogen-bond donors (Lipinski definition) is 0.